The molecule has 0 spiro atoms. The van der Waals surface area contributed by atoms with Crippen molar-refractivity contribution in [3.63, 3.8) is 0 Å². The number of amides is 2. The largest absolute Gasteiger partial charge is 0.444 e. The van der Waals surface area contributed by atoms with E-state index in [0.29, 0.717) is 24.3 Å². The predicted molar refractivity (Wildman–Crippen MR) is 161 cm³/mol. The van der Waals surface area contributed by atoms with Crippen LogP contribution in [0.3, 0.4) is 0 Å². The van der Waals surface area contributed by atoms with E-state index >= 15 is 0 Å². The number of rotatable bonds is 10. The molecule has 0 saturated heterocycles. The number of carbonyl (C=O) groups is 2. The lowest BCUT2D eigenvalue weighted by molar-refractivity contribution is -0.128. The van der Waals surface area contributed by atoms with Crippen molar-refractivity contribution in [1.29, 1.82) is 0 Å². The summed E-state index contributed by atoms with van der Waals surface area (Å²) in [5, 5.41) is 28.5. The molecule has 9 heteroatoms. The Labute approximate surface area is 251 Å². The number of benzene rings is 2. The molecule has 0 bridgehead atoms. The first-order chi connectivity index (χ1) is 18.8. The molecule has 0 unspecified atom stereocenters. The summed E-state index contributed by atoms with van der Waals surface area (Å²) >= 11 is 9.89. The normalized spacial score (nSPS) is 21.6. The van der Waals surface area contributed by atoms with E-state index in [1.54, 1.807) is 26.8 Å². The molecular formula is C31H42BrClN2O5. The van der Waals surface area contributed by atoms with Gasteiger partial charge in [0, 0.05) is 15.4 Å². The monoisotopic (exact) mass is 636 g/mol. The van der Waals surface area contributed by atoms with Gasteiger partial charge in [-0.2, -0.15) is 0 Å². The van der Waals surface area contributed by atoms with Crippen molar-refractivity contribution < 1.29 is 24.5 Å². The van der Waals surface area contributed by atoms with Gasteiger partial charge in [-0.15, -0.1) is 0 Å². The number of nitrogens with one attached hydrogen (secondary N) is 2. The molecule has 40 heavy (non-hydrogen) atoms. The number of carbonyl (C=O) groups excluding carboxylic acids is 2. The van der Waals surface area contributed by atoms with Crippen molar-refractivity contribution in [1.82, 2.24) is 10.6 Å². The van der Waals surface area contributed by atoms with E-state index in [9.17, 15) is 19.8 Å². The lowest BCUT2D eigenvalue weighted by atomic mass is 9.82. The molecule has 2 aromatic carbocycles. The third kappa shape index (κ3) is 10.1. The molecule has 0 radical (unpaired) electrons. The molecule has 0 aromatic heterocycles. The van der Waals surface area contributed by atoms with Crippen LogP contribution < -0.4 is 10.6 Å². The molecule has 0 heterocycles. The van der Waals surface area contributed by atoms with Crippen LogP contribution in [-0.2, 0) is 22.4 Å². The van der Waals surface area contributed by atoms with Gasteiger partial charge in [-0.1, -0.05) is 71.2 Å². The fourth-order valence-electron chi connectivity index (χ4n) is 5.19. The van der Waals surface area contributed by atoms with E-state index in [2.05, 4.69) is 26.6 Å². The number of hydrogen-bond acceptors (Lipinski definition) is 5. The fourth-order valence-corrected chi connectivity index (χ4v) is 5.67. The topological polar surface area (TPSA) is 108 Å². The Morgan fingerprint density at radius 2 is 1.77 bits per heavy atom. The van der Waals surface area contributed by atoms with Crippen LogP contribution in [0.2, 0.25) is 5.02 Å². The zero-order chi connectivity index (χ0) is 29.4. The Hall–Kier alpha value is -2.13. The SMILES string of the molecule is C[C@@H]1CCC[C@@H](O)[C@H]1NC(=O)[C@H](Cc1ccccc1Cl)C[C@H](O)[C@H](Cc1ccc(Br)cc1)NC(=O)OC(C)(C)C. The highest BCUT2D eigenvalue weighted by Gasteiger charge is 2.35. The second-order valence-electron chi connectivity index (χ2n) is 11.9. The highest BCUT2D eigenvalue weighted by atomic mass is 79.9. The van der Waals surface area contributed by atoms with Gasteiger partial charge in [0.1, 0.15) is 5.60 Å². The van der Waals surface area contributed by atoms with Crippen molar-refractivity contribution in [3.05, 3.63) is 69.2 Å². The number of hydrogen-bond donors (Lipinski definition) is 4. The third-order valence-corrected chi connectivity index (χ3v) is 8.25. The van der Waals surface area contributed by atoms with E-state index in [-0.39, 0.29) is 24.3 Å². The zero-order valence-electron chi connectivity index (χ0n) is 23.7. The van der Waals surface area contributed by atoms with Gasteiger partial charge in [-0.25, -0.2) is 4.79 Å². The number of alkyl carbamates (subject to hydrolysis) is 1. The molecule has 4 N–H and O–H groups in total. The maximum absolute atomic E-state index is 13.7. The van der Waals surface area contributed by atoms with E-state index < -0.39 is 35.9 Å². The van der Waals surface area contributed by atoms with Gasteiger partial charge in [0.25, 0.3) is 0 Å². The molecule has 3 rings (SSSR count). The minimum Gasteiger partial charge on any atom is -0.444 e. The quantitative estimate of drug-likeness (QED) is 0.263. The van der Waals surface area contributed by atoms with Gasteiger partial charge in [-0.3, -0.25) is 4.79 Å². The Balaban J connectivity index is 1.84. The van der Waals surface area contributed by atoms with E-state index in [4.69, 9.17) is 16.3 Å². The first-order valence-electron chi connectivity index (χ1n) is 14.0. The van der Waals surface area contributed by atoms with Crippen LogP contribution in [0.4, 0.5) is 4.79 Å². The van der Waals surface area contributed by atoms with Crippen molar-refractivity contribution in [2.24, 2.45) is 11.8 Å². The summed E-state index contributed by atoms with van der Waals surface area (Å²) in [6.45, 7) is 7.36. The summed E-state index contributed by atoms with van der Waals surface area (Å²) in [6, 6.07) is 13.9. The van der Waals surface area contributed by atoms with Crippen LogP contribution in [0, 0.1) is 11.8 Å². The minimum absolute atomic E-state index is 0.0746. The third-order valence-electron chi connectivity index (χ3n) is 7.35. The van der Waals surface area contributed by atoms with Crippen molar-refractivity contribution in [2.45, 2.75) is 96.1 Å². The molecule has 1 aliphatic carbocycles. The smallest absolute Gasteiger partial charge is 0.407 e. The van der Waals surface area contributed by atoms with Crippen LogP contribution in [0.1, 0.15) is 64.5 Å². The molecule has 7 nitrogen and oxygen atoms in total. The molecule has 1 aliphatic rings. The molecule has 220 valence electrons. The molecule has 2 amide bonds. The standard InChI is InChI=1S/C31H42BrClN2O5/c1-19-8-7-11-26(36)28(19)35-29(38)22(17-21-9-5-6-10-24(21)33)18-27(37)25(34-30(39)40-31(2,3)4)16-20-12-14-23(32)15-13-20/h5-6,9-10,12-15,19,22,25-28,36-37H,7-8,11,16-18H2,1-4H3,(H,34,39)(H,35,38)/t19-,22-,25+,26-,27+,28+/m1/s1. The molecular weight excluding hydrogens is 596 g/mol. The van der Waals surface area contributed by atoms with Gasteiger partial charge < -0.3 is 25.6 Å². The first kappa shape index (κ1) is 32.4. The maximum Gasteiger partial charge on any atom is 0.407 e. The summed E-state index contributed by atoms with van der Waals surface area (Å²) in [5.41, 5.74) is 0.995. The summed E-state index contributed by atoms with van der Waals surface area (Å²) in [6.07, 6.45) is 0.886. The van der Waals surface area contributed by atoms with Gasteiger partial charge in [0.2, 0.25) is 5.91 Å². The van der Waals surface area contributed by atoms with Crippen LogP contribution in [0.5, 0.6) is 0 Å². The molecule has 0 aliphatic heterocycles. The van der Waals surface area contributed by atoms with Crippen molar-refractivity contribution in [3.8, 4) is 0 Å². The second kappa shape index (κ2) is 14.7. The Kier molecular flexibility index (Phi) is 11.9. The fraction of sp³-hybridized carbons (Fsp3) is 0.548. The maximum atomic E-state index is 13.7. The summed E-state index contributed by atoms with van der Waals surface area (Å²) in [7, 11) is 0. The van der Waals surface area contributed by atoms with Crippen molar-refractivity contribution in [2.75, 3.05) is 0 Å². The lowest BCUT2D eigenvalue weighted by Crippen LogP contribution is -2.52. The minimum atomic E-state index is -1.07. The van der Waals surface area contributed by atoms with Gasteiger partial charge >= 0.3 is 6.09 Å². The van der Waals surface area contributed by atoms with Gasteiger partial charge in [0.15, 0.2) is 0 Å². The average Bonchev–Trinajstić information content (AvgIpc) is 2.86. The highest BCUT2D eigenvalue weighted by molar-refractivity contribution is 9.10. The summed E-state index contributed by atoms with van der Waals surface area (Å²) in [5.74, 6) is -0.766. The van der Waals surface area contributed by atoms with Crippen LogP contribution in [-0.4, -0.2) is 52.1 Å². The van der Waals surface area contributed by atoms with Crippen molar-refractivity contribution >= 4 is 39.5 Å². The molecule has 1 fully saturated rings. The van der Waals surface area contributed by atoms with Gasteiger partial charge in [0.05, 0.1) is 24.3 Å². The molecule has 2 aromatic rings. The second-order valence-corrected chi connectivity index (χ2v) is 13.2. The number of aliphatic hydroxyl groups is 2. The zero-order valence-corrected chi connectivity index (χ0v) is 26.0. The van der Waals surface area contributed by atoms with Crippen LogP contribution in [0.15, 0.2) is 53.0 Å². The molecule has 1 saturated carbocycles. The lowest BCUT2D eigenvalue weighted by Gasteiger charge is -2.35. The predicted octanol–water partition coefficient (Wildman–Crippen LogP) is 5.81. The number of ether oxygens (including phenoxy) is 1. The van der Waals surface area contributed by atoms with Gasteiger partial charge in [-0.05, 0) is 88.1 Å². The molecule has 6 atom stereocenters. The summed E-state index contributed by atoms with van der Waals surface area (Å²) < 4.78 is 6.39. The van der Waals surface area contributed by atoms with E-state index in [0.717, 1.165) is 28.4 Å². The summed E-state index contributed by atoms with van der Waals surface area (Å²) in [4.78, 5) is 26.4. The first-order valence-corrected chi connectivity index (χ1v) is 15.1. The highest BCUT2D eigenvalue weighted by Crippen LogP contribution is 2.27. The van der Waals surface area contributed by atoms with Crippen LogP contribution in [0.25, 0.3) is 0 Å². The van der Waals surface area contributed by atoms with Crippen LogP contribution >= 0.6 is 27.5 Å². The van der Waals surface area contributed by atoms with E-state index in [1.165, 1.54) is 0 Å². The number of aliphatic hydroxyl groups excluding tert-OH is 2. The Morgan fingerprint density at radius 3 is 2.40 bits per heavy atom. The Bertz CT molecular complexity index is 1110. The number of halogens is 2. The van der Waals surface area contributed by atoms with E-state index in [1.807, 2.05) is 49.4 Å². The average molecular weight is 638 g/mol. The Morgan fingerprint density at radius 1 is 1.10 bits per heavy atom.